The summed E-state index contributed by atoms with van der Waals surface area (Å²) in [6.45, 7) is 3.41. The summed E-state index contributed by atoms with van der Waals surface area (Å²) in [5.41, 5.74) is 1.63. The van der Waals surface area contributed by atoms with Crippen molar-refractivity contribution in [3.63, 3.8) is 0 Å². The van der Waals surface area contributed by atoms with Gasteiger partial charge in [-0.15, -0.1) is 0 Å². The maximum absolute atomic E-state index is 11.1. The van der Waals surface area contributed by atoms with E-state index < -0.39 is 0 Å². The molecule has 1 nitrogen and oxygen atoms in total. The number of halogens is 2. The molecule has 0 saturated heterocycles. The lowest BCUT2D eigenvalue weighted by atomic mass is 10.1. The lowest BCUT2D eigenvalue weighted by molar-refractivity contribution is 0.101. The molecule has 1 aromatic carbocycles. The van der Waals surface area contributed by atoms with Gasteiger partial charge in [-0.25, -0.2) is 0 Å². The summed E-state index contributed by atoms with van der Waals surface area (Å²) in [5.74, 6) is 0.0601. The SMILES string of the molecule is CC(=O)c1cc(Br)c(Cl)cc1C. The molecular weight excluding hydrogens is 239 g/mol. The normalized spacial score (nSPS) is 10.0. The van der Waals surface area contributed by atoms with Gasteiger partial charge in [0.1, 0.15) is 0 Å². The molecule has 1 aromatic rings. The minimum Gasteiger partial charge on any atom is -0.295 e. The van der Waals surface area contributed by atoms with Crippen molar-refractivity contribution in [1.29, 1.82) is 0 Å². The van der Waals surface area contributed by atoms with Gasteiger partial charge in [-0.1, -0.05) is 11.6 Å². The predicted octanol–water partition coefficient (Wildman–Crippen LogP) is 3.61. The fourth-order valence-corrected chi connectivity index (χ4v) is 1.59. The van der Waals surface area contributed by atoms with E-state index in [4.69, 9.17) is 11.6 Å². The number of carbonyl (C=O) groups excluding carboxylic acids is 1. The van der Waals surface area contributed by atoms with Gasteiger partial charge in [0.05, 0.1) is 5.02 Å². The molecule has 0 fully saturated rings. The molecule has 12 heavy (non-hydrogen) atoms. The highest BCUT2D eigenvalue weighted by molar-refractivity contribution is 9.10. The van der Waals surface area contributed by atoms with E-state index in [0.29, 0.717) is 10.6 Å². The van der Waals surface area contributed by atoms with Gasteiger partial charge in [-0.2, -0.15) is 0 Å². The van der Waals surface area contributed by atoms with Crippen LogP contribution < -0.4 is 0 Å². The zero-order valence-corrected chi connectivity index (χ0v) is 9.16. The molecule has 0 amide bonds. The fourth-order valence-electron chi connectivity index (χ4n) is 1.03. The maximum atomic E-state index is 11.1. The highest BCUT2D eigenvalue weighted by Crippen LogP contribution is 2.26. The van der Waals surface area contributed by atoms with Gasteiger partial charge < -0.3 is 0 Å². The van der Waals surface area contributed by atoms with E-state index in [1.54, 1.807) is 19.1 Å². The van der Waals surface area contributed by atoms with Crippen molar-refractivity contribution in [2.45, 2.75) is 13.8 Å². The molecule has 0 aliphatic heterocycles. The van der Waals surface area contributed by atoms with Crippen LogP contribution in [0.15, 0.2) is 16.6 Å². The van der Waals surface area contributed by atoms with Crippen molar-refractivity contribution < 1.29 is 4.79 Å². The lowest BCUT2D eigenvalue weighted by Gasteiger charge is -2.03. The molecule has 0 saturated carbocycles. The molecule has 0 heterocycles. The number of aryl methyl sites for hydroxylation is 1. The van der Waals surface area contributed by atoms with Crippen LogP contribution in [0.3, 0.4) is 0 Å². The van der Waals surface area contributed by atoms with Crippen molar-refractivity contribution in [2.24, 2.45) is 0 Å². The van der Waals surface area contributed by atoms with E-state index in [1.165, 1.54) is 0 Å². The quantitative estimate of drug-likeness (QED) is 0.693. The molecule has 0 bridgehead atoms. The van der Waals surface area contributed by atoms with Crippen molar-refractivity contribution in [3.8, 4) is 0 Å². The number of ketones is 1. The van der Waals surface area contributed by atoms with Crippen LogP contribution in [0.2, 0.25) is 5.02 Å². The third kappa shape index (κ3) is 1.87. The van der Waals surface area contributed by atoms with Crippen LogP contribution >= 0.6 is 27.5 Å². The Balaban J connectivity index is 3.33. The Labute approximate surface area is 84.9 Å². The second-order valence-corrected chi connectivity index (χ2v) is 3.90. The van der Waals surface area contributed by atoms with Crippen molar-refractivity contribution in [1.82, 2.24) is 0 Å². The first kappa shape index (κ1) is 9.75. The summed E-state index contributed by atoms with van der Waals surface area (Å²) >= 11 is 9.10. The number of Topliss-reactive ketones (excluding diaryl/α,β-unsaturated/α-hetero) is 1. The highest BCUT2D eigenvalue weighted by atomic mass is 79.9. The highest BCUT2D eigenvalue weighted by Gasteiger charge is 2.06. The molecule has 0 atom stereocenters. The van der Waals surface area contributed by atoms with Crippen LogP contribution in [0.5, 0.6) is 0 Å². The van der Waals surface area contributed by atoms with Gasteiger partial charge in [-0.05, 0) is 47.5 Å². The molecular formula is C9H8BrClO. The van der Waals surface area contributed by atoms with Crippen LogP contribution in [-0.2, 0) is 0 Å². The minimum absolute atomic E-state index is 0.0601. The van der Waals surface area contributed by atoms with Gasteiger partial charge in [0.25, 0.3) is 0 Å². The number of rotatable bonds is 1. The van der Waals surface area contributed by atoms with Gasteiger partial charge in [-0.3, -0.25) is 4.79 Å². The molecule has 0 aliphatic carbocycles. The third-order valence-electron chi connectivity index (χ3n) is 1.65. The van der Waals surface area contributed by atoms with Gasteiger partial charge >= 0.3 is 0 Å². The molecule has 64 valence electrons. The first-order valence-corrected chi connectivity index (χ1v) is 4.66. The lowest BCUT2D eigenvalue weighted by Crippen LogP contribution is -1.95. The van der Waals surface area contributed by atoms with E-state index in [9.17, 15) is 4.79 Å². The van der Waals surface area contributed by atoms with E-state index in [-0.39, 0.29) is 5.78 Å². The largest absolute Gasteiger partial charge is 0.295 e. The zero-order valence-electron chi connectivity index (χ0n) is 6.82. The van der Waals surface area contributed by atoms with E-state index in [2.05, 4.69) is 15.9 Å². The molecule has 0 aromatic heterocycles. The first-order chi connectivity index (χ1) is 5.52. The molecule has 0 aliphatic rings. The summed E-state index contributed by atoms with van der Waals surface area (Å²) in [6.07, 6.45) is 0. The van der Waals surface area contributed by atoms with Crippen LogP contribution in [0.25, 0.3) is 0 Å². The zero-order chi connectivity index (χ0) is 9.30. The number of benzene rings is 1. The Kier molecular flexibility index (Phi) is 2.91. The van der Waals surface area contributed by atoms with Gasteiger partial charge in [0, 0.05) is 10.0 Å². The summed E-state index contributed by atoms with van der Waals surface area (Å²) in [6, 6.07) is 3.53. The van der Waals surface area contributed by atoms with Gasteiger partial charge in [0.15, 0.2) is 5.78 Å². The summed E-state index contributed by atoms with van der Waals surface area (Å²) < 4.78 is 0.764. The number of carbonyl (C=O) groups is 1. The molecule has 1 rings (SSSR count). The van der Waals surface area contributed by atoms with Crippen molar-refractivity contribution >= 4 is 33.3 Å². The Bertz CT molecular complexity index is 334. The average Bonchev–Trinajstić information content (AvgIpc) is 1.96. The second kappa shape index (κ2) is 3.58. The van der Waals surface area contributed by atoms with E-state index >= 15 is 0 Å². The predicted molar refractivity (Wildman–Crippen MR) is 53.9 cm³/mol. The monoisotopic (exact) mass is 246 g/mol. The summed E-state index contributed by atoms with van der Waals surface area (Å²) in [4.78, 5) is 11.1. The summed E-state index contributed by atoms with van der Waals surface area (Å²) in [7, 11) is 0. The first-order valence-electron chi connectivity index (χ1n) is 3.49. The fraction of sp³-hybridized carbons (Fsp3) is 0.222. The van der Waals surface area contributed by atoms with Crippen LogP contribution in [-0.4, -0.2) is 5.78 Å². The minimum atomic E-state index is 0.0601. The Morgan fingerprint density at radius 3 is 2.58 bits per heavy atom. The topological polar surface area (TPSA) is 17.1 Å². The number of hydrogen-bond donors (Lipinski definition) is 0. The van der Waals surface area contributed by atoms with Crippen molar-refractivity contribution in [2.75, 3.05) is 0 Å². The average molecular weight is 248 g/mol. The van der Waals surface area contributed by atoms with Crippen molar-refractivity contribution in [3.05, 3.63) is 32.8 Å². The number of hydrogen-bond acceptors (Lipinski definition) is 1. The smallest absolute Gasteiger partial charge is 0.160 e. The Morgan fingerprint density at radius 1 is 1.50 bits per heavy atom. The Hall–Kier alpha value is -0.340. The second-order valence-electron chi connectivity index (χ2n) is 2.64. The molecule has 0 unspecified atom stereocenters. The molecule has 3 heteroatoms. The molecule has 0 N–H and O–H groups in total. The van der Waals surface area contributed by atoms with Gasteiger partial charge in [0.2, 0.25) is 0 Å². The standard InChI is InChI=1S/C9H8BrClO/c1-5-3-9(11)8(10)4-7(5)6(2)12/h3-4H,1-2H3. The molecule has 0 spiro atoms. The Morgan fingerprint density at radius 2 is 2.08 bits per heavy atom. The summed E-state index contributed by atoms with van der Waals surface area (Å²) in [5, 5.41) is 0.637. The third-order valence-corrected chi connectivity index (χ3v) is 2.84. The van der Waals surface area contributed by atoms with Crippen LogP contribution in [0.4, 0.5) is 0 Å². The van der Waals surface area contributed by atoms with E-state index in [0.717, 1.165) is 10.0 Å². The van der Waals surface area contributed by atoms with Crippen LogP contribution in [0, 0.1) is 6.92 Å². The van der Waals surface area contributed by atoms with Crippen LogP contribution in [0.1, 0.15) is 22.8 Å². The maximum Gasteiger partial charge on any atom is 0.160 e. The van der Waals surface area contributed by atoms with E-state index in [1.807, 2.05) is 6.92 Å². The molecule has 0 radical (unpaired) electrons.